The van der Waals surface area contributed by atoms with Gasteiger partial charge in [-0.1, -0.05) is 66.7 Å². The number of furan rings is 1. The van der Waals surface area contributed by atoms with E-state index in [1.807, 2.05) is 97.1 Å². The smallest absolute Gasteiger partial charge is 0.296 e. The maximum atomic E-state index is 6.23. The molecule has 1 aromatic heterocycles. The van der Waals surface area contributed by atoms with Crippen molar-refractivity contribution in [1.82, 2.24) is 0 Å². The van der Waals surface area contributed by atoms with Gasteiger partial charge in [-0.05, 0) is 47.0 Å². The minimum absolute atomic E-state index is 0.304. The molecule has 0 fully saturated rings. The number of hydrogen-bond donors (Lipinski definition) is 0. The summed E-state index contributed by atoms with van der Waals surface area (Å²) in [6.07, 6.45) is 0. The molecular formula is C34H32O7. The van der Waals surface area contributed by atoms with E-state index in [2.05, 4.69) is 0 Å². The molecule has 0 saturated heterocycles. The number of methoxy groups -OCH3 is 4. The first kappa shape index (κ1) is 27.5. The first-order valence-electron chi connectivity index (χ1n) is 13.1. The highest BCUT2D eigenvalue weighted by molar-refractivity contribution is 5.85. The molecule has 7 nitrogen and oxygen atoms in total. The van der Waals surface area contributed by atoms with Crippen LogP contribution in [0, 0.1) is 0 Å². The number of rotatable bonds is 12. The molecule has 0 amide bonds. The molecule has 0 atom stereocenters. The average molecular weight is 553 g/mol. The highest BCUT2D eigenvalue weighted by Crippen LogP contribution is 2.50. The zero-order valence-electron chi connectivity index (χ0n) is 23.5. The molecule has 4 aromatic carbocycles. The third kappa shape index (κ3) is 6.09. The highest BCUT2D eigenvalue weighted by atomic mass is 16.6. The summed E-state index contributed by atoms with van der Waals surface area (Å²) in [5.41, 5.74) is 4.27. The lowest BCUT2D eigenvalue weighted by Gasteiger charge is -2.13. The van der Waals surface area contributed by atoms with E-state index in [1.165, 1.54) is 0 Å². The highest BCUT2D eigenvalue weighted by Gasteiger charge is 2.26. The zero-order chi connectivity index (χ0) is 28.6. The largest absolute Gasteiger partial charge is 0.493 e. The van der Waals surface area contributed by atoms with Gasteiger partial charge in [0, 0.05) is 5.56 Å². The van der Waals surface area contributed by atoms with Crippen LogP contribution in [0.5, 0.6) is 34.7 Å². The molecule has 0 aliphatic heterocycles. The average Bonchev–Trinajstić information content (AvgIpc) is 3.42. The van der Waals surface area contributed by atoms with Gasteiger partial charge in [-0.15, -0.1) is 0 Å². The van der Waals surface area contributed by atoms with Crippen LogP contribution in [0.15, 0.2) is 101 Å². The Labute approximate surface area is 239 Å². The summed E-state index contributed by atoms with van der Waals surface area (Å²) in [5.74, 6) is 3.70. The van der Waals surface area contributed by atoms with Crippen LogP contribution in [0.4, 0.5) is 0 Å². The van der Waals surface area contributed by atoms with Gasteiger partial charge in [0.2, 0.25) is 0 Å². The third-order valence-electron chi connectivity index (χ3n) is 6.57. The quantitative estimate of drug-likeness (QED) is 0.156. The Morgan fingerprint density at radius 1 is 0.512 bits per heavy atom. The lowest BCUT2D eigenvalue weighted by atomic mass is 10.0. The lowest BCUT2D eigenvalue weighted by Crippen LogP contribution is -1.98. The van der Waals surface area contributed by atoms with Crippen LogP contribution in [0.1, 0.15) is 11.1 Å². The molecule has 7 heteroatoms. The molecule has 41 heavy (non-hydrogen) atoms. The molecule has 210 valence electrons. The van der Waals surface area contributed by atoms with Crippen molar-refractivity contribution in [2.45, 2.75) is 13.2 Å². The van der Waals surface area contributed by atoms with Gasteiger partial charge in [0.25, 0.3) is 5.95 Å². The van der Waals surface area contributed by atoms with Crippen molar-refractivity contribution < 1.29 is 32.8 Å². The fourth-order valence-electron chi connectivity index (χ4n) is 4.52. The van der Waals surface area contributed by atoms with Crippen molar-refractivity contribution in [3.8, 4) is 57.1 Å². The standard InChI is InChI=1S/C34H32O7/c1-35-27-17-15-25(19-29(27)39-21-23-11-7-5-8-12-23)31-33(37-3)32(41-34(31)38-4)26-16-18-28(36-2)30(20-26)40-22-24-13-9-6-10-14-24/h5-20H,21-22H2,1-4H3. The molecule has 5 rings (SSSR count). The van der Waals surface area contributed by atoms with Crippen LogP contribution in [0.3, 0.4) is 0 Å². The van der Waals surface area contributed by atoms with E-state index >= 15 is 0 Å². The number of benzene rings is 4. The van der Waals surface area contributed by atoms with Crippen molar-refractivity contribution in [2.24, 2.45) is 0 Å². The van der Waals surface area contributed by atoms with Gasteiger partial charge in [-0.25, -0.2) is 0 Å². The summed E-state index contributed by atoms with van der Waals surface area (Å²) in [6.45, 7) is 0.783. The van der Waals surface area contributed by atoms with E-state index in [4.69, 9.17) is 32.8 Å². The molecule has 1 heterocycles. The Balaban J connectivity index is 1.51. The van der Waals surface area contributed by atoms with E-state index in [0.29, 0.717) is 59.2 Å². The molecule has 5 aromatic rings. The molecule has 0 aliphatic carbocycles. The van der Waals surface area contributed by atoms with E-state index < -0.39 is 0 Å². The van der Waals surface area contributed by atoms with Crippen molar-refractivity contribution >= 4 is 0 Å². The van der Waals surface area contributed by atoms with Crippen LogP contribution in [-0.4, -0.2) is 28.4 Å². The first-order valence-corrected chi connectivity index (χ1v) is 13.1. The predicted octanol–water partition coefficient (Wildman–Crippen LogP) is 7.81. The van der Waals surface area contributed by atoms with Gasteiger partial charge in [-0.3, -0.25) is 0 Å². The Morgan fingerprint density at radius 2 is 1.02 bits per heavy atom. The van der Waals surface area contributed by atoms with Crippen molar-refractivity contribution in [2.75, 3.05) is 28.4 Å². The summed E-state index contributed by atoms with van der Waals surface area (Å²) in [4.78, 5) is 0. The SMILES string of the molecule is COc1ccc(-c2oc(OC)c(-c3ccc(OC)c(OCc4ccccc4)c3)c2OC)cc1OCc1ccccc1. The number of hydrogen-bond acceptors (Lipinski definition) is 7. The summed E-state index contributed by atoms with van der Waals surface area (Å²) in [6, 6.07) is 31.2. The fraction of sp³-hybridized carbons (Fsp3) is 0.176. The minimum Gasteiger partial charge on any atom is -0.493 e. The molecule has 0 bridgehead atoms. The Kier molecular flexibility index (Phi) is 8.64. The molecule has 0 spiro atoms. The molecule has 0 saturated carbocycles. The normalized spacial score (nSPS) is 10.6. The van der Waals surface area contributed by atoms with Gasteiger partial charge >= 0.3 is 0 Å². The lowest BCUT2D eigenvalue weighted by molar-refractivity contribution is 0.284. The van der Waals surface area contributed by atoms with Crippen LogP contribution in [-0.2, 0) is 13.2 Å². The Morgan fingerprint density at radius 3 is 1.51 bits per heavy atom. The first-order chi connectivity index (χ1) is 20.1. The van der Waals surface area contributed by atoms with Gasteiger partial charge < -0.3 is 32.8 Å². The summed E-state index contributed by atoms with van der Waals surface area (Å²) in [7, 11) is 6.39. The van der Waals surface area contributed by atoms with Crippen molar-refractivity contribution in [3.05, 3.63) is 108 Å². The number of ether oxygens (including phenoxy) is 6. The topological polar surface area (TPSA) is 68.5 Å². The van der Waals surface area contributed by atoms with Crippen LogP contribution < -0.4 is 28.4 Å². The summed E-state index contributed by atoms with van der Waals surface area (Å²) in [5, 5.41) is 0. The zero-order valence-corrected chi connectivity index (χ0v) is 23.5. The van der Waals surface area contributed by atoms with Gasteiger partial charge in [0.1, 0.15) is 18.8 Å². The summed E-state index contributed by atoms with van der Waals surface area (Å²) >= 11 is 0. The Bertz CT molecular complexity index is 1580. The molecular weight excluding hydrogens is 520 g/mol. The summed E-state index contributed by atoms with van der Waals surface area (Å²) < 4.78 is 41.2. The maximum Gasteiger partial charge on any atom is 0.296 e. The van der Waals surface area contributed by atoms with Crippen LogP contribution in [0.25, 0.3) is 22.5 Å². The van der Waals surface area contributed by atoms with Crippen molar-refractivity contribution in [1.29, 1.82) is 0 Å². The second-order valence-corrected chi connectivity index (χ2v) is 9.11. The van der Waals surface area contributed by atoms with Gasteiger partial charge in [-0.2, -0.15) is 0 Å². The molecule has 0 unspecified atom stereocenters. The molecule has 0 N–H and O–H groups in total. The van der Waals surface area contributed by atoms with E-state index in [9.17, 15) is 0 Å². The fourth-order valence-corrected chi connectivity index (χ4v) is 4.52. The van der Waals surface area contributed by atoms with Crippen molar-refractivity contribution in [3.63, 3.8) is 0 Å². The van der Waals surface area contributed by atoms with E-state index in [1.54, 1.807) is 28.4 Å². The predicted molar refractivity (Wildman–Crippen MR) is 157 cm³/mol. The van der Waals surface area contributed by atoms with Crippen LogP contribution in [0.2, 0.25) is 0 Å². The van der Waals surface area contributed by atoms with Crippen LogP contribution >= 0.6 is 0 Å². The van der Waals surface area contributed by atoms with Gasteiger partial charge in [0.05, 0.1) is 28.4 Å². The second kappa shape index (κ2) is 12.9. The Hall–Kier alpha value is -5.04. The molecule has 0 radical (unpaired) electrons. The maximum absolute atomic E-state index is 6.23. The molecule has 0 aliphatic rings. The van der Waals surface area contributed by atoms with E-state index in [0.717, 1.165) is 22.3 Å². The van der Waals surface area contributed by atoms with E-state index in [-0.39, 0.29) is 0 Å². The third-order valence-corrected chi connectivity index (χ3v) is 6.57. The monoisotopic (exact) mass is 552 g/mol. The second-order valence-electron chi connectivity index (χ2n) is 9.11. The van der Waals surface area contributed by atoms with Gasteiger partial charge in [0.15, 0.2) is 34.5 Å². The minimum atomic E-state index is 0.304.